The molecule has 0 saturated heterocycles. The molecular formula is C12H8Cl2N2S. The van der Waals surface area contributed by atoms with Crippen LogP contribution < -0.4 is 0 Å². The SMILES string of the molecule is Cc1csc(-c2nc3ccc(Cl)cc3[nH]2)c1Cl. The Kier molecular flexibility index (Phi) is 2.62. The topological polar surface area (TPSA) is 28.7 Å². The van der Waals surface area contributed by atoms with Gasteiger partial charge < -0.3 is 4.98 Å². The summed E-state index contributed by atoms with van der Waals surface area (Å²) in [7, 11) is 0. The number of nitrogens with one attached hydrogen (secondary N) is 1. The first-order chi connectivity index (χ1) is 8.15. The minimum absolute atomic E-state index is 0.696. The second kappa shape index (κ2) is 4.02. The van der Waals surface area contributed by atoms with Gasteiger partial charge in [0.25, 0.3) is 0 Å². The van der Waals surface area contributed by atoms with E-state index in [4.69, 9.17) is 23.2 Å². The summed E-state index contributed by atoms with van der Waals surface area (Å²) < 4.78 is 0. The van der Waals surface area contributed by atoms with Gasteiger partial charge in [-0.2, -0.15) is 0 Å². The fourth-order valence-electron chi connectivity index (χ4n) is 1.68. The van der Waals surface area contributed by atoms with Crippen LogP contribution in [0.15, 0.2) is 23.6 Å². The van der Waals surface area contributed by atoms with Gasteiger partial charge in [-0.25, -0.2) is 4.98 Å². The molecule has 0 aliphatic heterocycles. The van der Waals surface area contributed by atoms with E-state index in [1.54, 1.807) is 11.3 Å². The average molecular weight is 283 g/mol. The summed E-state index contributed by atoms with van der Waals surface area (Å²) in [6, 6.07) is 5.59. The van der Waals surface area contributed by atoms with E-state index in [9.17, 15) is 0 Å². The summed E-state index contributed by atoms with van der Waals surface area (Å²) in [6.07, 6.45) is 0. The van der Waals surface area contributed by atoms with Gasteiger partial charge in [0.1, 0.15) is 5.82 Å². The van der Waals surface area contributed by atoms with E-state index in [1.165, 1.54) is 0 Å². The van der Waals surface area contributed by atoms with Gasteiger partial charge in [-0.1, -0.05) is 23.2 Å². The molecule has 3 rings (SSSR count). The van der Waals surface area contributed by atoms with Crippen molar-refractivity contribution in [1.29, 1.82) is 0 Å². The Labute approximate surface area is 112 Å². The number of nitrogens with zero attached hydrogens (tertiary/aromatic N) is 1. The number of rotatable bonds is 1. The number of halogens is 2. The van der Waals surface area contributed by atoms with Crippen LogP contribution in [0.4, 0.5) is 0 Å². The van der Waals surface area contributed by atoms with Gasteiger partial charge in [0.15, 0.2) is 0 Å². The fourth-order valence-corrected chi connectivity index (χ4v) is 3.08. The molecule has 2 heterocycles. The Morgan fingerprint density at radius 1 is 1.29 bits per heavy atom. The average Bonchev–Trinajstić information content (AvgIpc) is 2.83. The first-order valence-corrected chi connectivity index (χ1v) is 6.68. The predicted octanol–water partition coefficient (Wildman–Crippen LogP) is 4.91. The molecule has 0 fully saturated rings. The lowest BCUT2D eigenvalue weighted by Gasteiger charge is -1.92. The zero-order valence-corrected chi connectivity index (χ0v) is 11.2. The lowest BCUT2D eigenvalue weighted by molar-refractivity contribution is 1.35. The molecule has 86 valence electrons. The summed E-state index contributed by atoms with van der Waals surface area (Å²) in [4.78, 5) is 8.72. The molecule has 0 radical (unpaired) electrons. The van der Waals surface area contributed by atoms with Crippen LogP contribution in [-0.4, -0.2) is 9.97 Å². The second-order valence-electron chi connectivity index (χ2n) is 3.81. The summed E-state index contributed by atoms with van der Waals surface area (Å²) >= 11 is 13.8. The number of H-pyrrole nitrogens is 1. The van der Waals surface area contributed by atoms with E-state index in [0.29, 0.717) is 5.02 Å². The molecule has 0 saturated carbocycles. The highest BCUT2D eigenvalue weighted by Gasteiger charge is 2.12. The smallest absolute Gasteiger partial charge is 0.150 e. The van der Waals surface area contributed by atoms with Gasteiger partial charge >= 0.3 is 0 Å². The molecule has 0 aliphatic carbocycles. The number of aryl methyl sites for hydroxylation is 1. The molecule has 3 aromatic rings. The van der Waals surface area contributed by atoms with Gasteiger partial charge in [-0.05, 0) is 36.1 Å². The largest absolute Gasteiger partial charge is 0.337 e. The van der Waals surface area contributed by atoms with Crippen molar-refractivity contribution in [2.45, 2.75) is 6.92 Å². The zero-order chi connectivity index (χ0) is 12.0. The first kappa shape index (κ1) is 11.1. The minimum Gasteiger partial charge on any atom is -0.337 e. The maximum Gasteiger partial charge on any atom is 0.150 e. The third-order valence-electron chi connectivity index (χ3n) is 2.56. The minimum atomic E-state index is 0.696. The quantitative estimate of drug-likeness (QED) is 0.675. The maximum atomic E-state index is 6.23. The van der Waals surface area contributed by atoms with Crippen molar-refractivity contribution < 1.29 is 0 Å². The molecule has 0 spiro atoms. The van der Waals surface area contributed by atoms with E-state index in [2.05, 4.69) is 9.97 Å². The molecule has 2 aromatic heterocycles. The van der Waals surface area contributed by atoms with Crippen LogP contribution in [0.5, 0.6) is 0 Å². The van der Waals surface area contributed by atoms with E-state index >= 15 is 0 Å². The number of hydrogen-bond donors (Lipinski definition) is 1. The van der Waals surface area contributed by atoms with Gasteiger partial charge in [0, 0.05) is 5.02 Å². The number of benzene rings is 1. The Bertz CT molecular complexity index is 700. The van der Waals surface area contributed by atoms with Crippen molar-refractivity contribution >= 4 is 45.6 Å². The number of fused-ring (bicyclic) bond motifs is 1. The molecule has 1 aromatic carbocycles. The molecule has 0 aliphatic rings. The number of aromatic amines is 1. The molecule has 0 bridgehead atoms. The predicted molar refractivity (Wildman–Crippen MR) is 74.2 cm³/mol. The fraction of sp³-hybridized carbons (Fsp3) is 0.0833. The molecule has 5 heteroatoms. The molecule has 0 atom stereocenters. The Morgan fingerprint density at radius 3 is 2.82 bits per heavy atom. The van der Waals surface area contributed by atoms with Crippen LogP contribution in [0.3, 0.4) is 0 Å². The molecule has 2 nitrogen and oxygen atoms in total. The standard InChI is InChI=1S/C12H8Cl2N2S/c1-6-5-17-11(10(6)14)12-15-8-3-2-7(13)4-9(8)16-12/h2-5H,1H3,(H,15,16). The Balaban J connectivity index is 2.21. The second-order valence-corrected chi connectivity index (χ2v) is 5.50. The summed E-state index contributed by atoms with van der Waals surface area (Å²) in [5, 5.41) is 3.49. The first-order valence-electron chi connectivity index (χ1n) is 5.04. The molecule has 1 N–H and O–H groups in total. The van der Waals surface area contributed by atoms with Gasteiger partial charge in [0.05, 0.1) is 20.9 Å². The summed E-state index contributed by atoms with van der Waals surface area (Å²) in [5.74, 6) is 0.797. The highest BCUT2D eigenvalue weighted by molar-refractivity contribution is 7.14. The van der Waals surface area contributed by atoms with Crippen LogP contribution in [0, 0.1) is 6.92 Å². The van der Waals surface area contributed by atoms with Crippen molar-refractivity contribution in [2.24, 2.45) is 0 Å². The number of imidazole rings is 1. The van der Waals surface area contributed by atoms with Crippen LogP contribution in [0.25, 0.3) is 21.7 Å². The number of aromatic nitrogens is 2. The third-order valence-corrected chi connectivity index (χ3v) is 4.50. The van der Waals surface area contributed by atoms with Crippen LogP contribution in [0.1, 0.15) is 5.56 Å². The van der Waals surface area contributed by atoms with E-state index in [0.717, 1.165) is 32.3 Å². The Morgan fingerprint density at radius 2 is 2.12 bits per heavy atom. The normalized spacial score (nSPS) is 11.2. The van der Waals surface area contributed by atoms with E-state index in [-0.39, 0.29) is 0 Å². The van der Waals surface area contributed by atoms with Crippen molar-refractivity contribution in [1.82, 2.24) is 9.97 Å². The summed E-state index contributed by atoms with van der Waals surface area (Å²) in [5.41, 5.74) is 2.89. The lowest BCUT2D eigenvalue weighted by atomic mass is 10.3. The number of hydrogen-bond acceptors (Lipinski definition) is 2. The molecule has 0 unspecified atom stereocenters. The highest BCUT2D eigenvalue weighted by atomic mass is 35.5. The third kappa shape index (κ3) is 1.84. The highest BCUT2D eigenvalue weighted by Crippen LogP contribution is 2.35. The van der Waals surface area contributed by atoms with E-state index < -0.39 is 0 Å². The molecular weight excluding hydrogens is 275 g/mol. The van der Waals surface area contributed by atoms with Crippen molar-refractivity contribution in [2.75, 3.05) is 0 Å². The van der Waals surface area contributed by atoms with E-state index in [1.807, 2.05) is 30.5 Å². The van der Waals surface area contributed by atoms with Crippen LogP contribution in [0.2, 0.25) is 10.0 Å². The van der Waals surface area contributed by atoms with Crippen molar-refractivity contribution in [3.8, 4) is 10.7 Å². The van der Waals surface area contributed by atoms with Gasteiger partial charge in [0.2, 0.25) is 0 Å². The monoisotopic (exact) mass is 282 g/mol. The van der Waals surface area contributed by atoms with Gasteiger partial charge in [-0.15, -0.1) is 11.3 Å². The van der Waals surface area contributed by atoms with Crippen molar-refractivity contribution in [3.63, 3.8) is 0 Å². The van der Waals surface area contributed by atoms with Crippen molar-refractivity contribution in [3.05, 3.63) is 39.2 Å². The van der Waals surface area contributed by atoms with Crippen LogP contribution in [-0.2, 0) is 0 Å². The number of thiophene rings is 1. The lowest BCUT2D eigenvalue weighted by Crippen LogP contribution is -1.76. The molecule has 0 amide bonds. The molecule has 17 heavy (non-hydrogen) atoms. The van der Waals surface area contributed by atoms with Gasteiger partial charge in [-0.3, -0.25) is 0 Å². The maximum absolute atomic E-state index is 6.23. The Hall–Kier alpha value is -1.03. The van der Waals surface area contributed by atoms with Crippen LogP contribution >= 0.6 is 34.5 Å². The zero-order valence-electron chi connectivity index (χ0n) is 8.92. The summed E-state index contributed by atoms with van der Waals surface area (Å²) in [6.45, 7) is 1.99.